The smallest absolute Gasteiger partial charge is 0.190 e. The number of aromatic amines is 2. The second-order valence-corrected chi connectivity index (χ2v) is 6.64. The number of guanidine groups is 1. The number of benzene rings is 2. The summed E-state index contributed by atoms with van der Waals surface area (Å²) < 4.78 is 0. The van der Waals surface area contributed by atoms with Gasteiger partial charge in [-0.1, -0.05) is 36.4 Å². The van der Waals surface area contributed by atoms with E-state index in [1.165, 1.54) is 32.9 Å². The second kappa shape index (κ2) is 7.99. The van der Waals surface area contributed by atoms with Crippen LogP contribution < -0.4 is 10.6 Å². The minimum Gasteiger partial charge on any atom is -0.361 e. The molecule has 0 bridgehead atoms. The van der Waals surface area contributed by atoms with Crippen LogP contribution in [0.3, 0.4) is 0 Å². The molecule has 4 aromatic rings. The number of hydrogen-bond acceptors (Lipinski definition) is 1. The van der Waals surface area contributed by atoms with Crippen LogP contribution >= 0.6 is 0 Å². The summed E-state index contributed by atoms with van der Waals surface area (Å²) in [6.45, 7) is 1.68. The third-order valence-corrected chi connectivity index (χ3v) is 4.95. The molecule has 0 saturated heterocycles. The van der Waals surface area contributed by atoms with Gasteiger partial charge in [-0.2, -0.15) is 0 Å². The number of fused-ring (bicyclic) bond motifs is 2. The quantitative estimate of drug-likeness (QED) is 0.314. The van der Waals surface area contributed by atoms with E-state index in [-0.39, 0.29) is 0 Å². The zero-order valence-electron chi connectivity index (χ0n) is 15.5. The Hall–Kier alpha value is -3.21. The number of hydrogen-bond donors (Lipinski definition) is 4. The molecule has 5 nitrogen and oxygen atoms in total. The van der Waals surface area contributed by atoms with E-state index in [9.17, 15) is 0 Å². The van der Waals surface area contributed by atoms with E-state index in [0.29, 0.717) is 0 Å². The van der Waals surface area contributed by atoms with Gasteiger partial charge >= 0.3 is 0 Å². The molecule has 2 aromatic heterocycles. The molecule has 0 radical (unpaired) electrons. The molecular formula is C22H25N5. The fourth-order valence-electron chi connectivity index (χ4n) is 3.53. The first kappa shape index (κ1) is 17.2. The highest BCUT2D eigenvalue weighted by molar-refractivity contribution is 5.84. The summed E-state index contributed by atoms with van der Waals surface area (Å²) in [5, 5.41) is 9.40. The van der Waals surface area contributed by atoms with Gasteiger partial charge in [0.05, 0.1) is 0 Å². The maximum absolute atomic E-state index is 4.33. The van der Waals surface area contributed by atoms with Gasteiger partial charge < -0.3 is 20.6 Å². The van der Waals surface area contributed by atoms with Crippen molar-refractivity contribution < 1.29 is 0 Å². The Bertz CT molecular complexity index is 975. The summed E-state index contributed by atoms with van der Waals surface area (Å²) in [6.07, 6.45) is 6.10. The Kier molecular flexibility index (Phi) is 5.10. The number of H-pyrrole nitrogens is 2. The molecule has 0 aliphatic rings. The molecule has 0 aliphatic carbocycles. The highest BCUT2D eigenvalue weighted by Gasteiger charge is 2.05. The lowest BCUT2D eigenvalue weighted by atomic mass is 10.1. The number of para-hydroxylation sites is 2. The molecule has 138 valence electrons. The van der Waals surface area contributed by atoms with Crippen molar-refractivity contribution in [2.24, 2.45) is 4.99 Å². The zero-order chi connectivity index (χ0) is 18.5. The Morgan fingerprint density at radius 2 is 1.26 bits per heavy atom. The molecule has 0 atom stereocenters. The van der Waals surface area contributed by atoms with Gasteiger partial charge in [0.1, 0.15) is 0 Å². The van der Waals surface area contributed by atoms with Gasteiger partial charge in [-0.15, -0.1) is 0 Å². The highest BCUT2D eigenvalue weighted by atomic mass is 15.2. The molecule has 4 N–H and O–H groups in total. The Labute approximate surface area is 158 Å². The lowest BCUT2D eigenvalue weighted by Crippen LogP contribution is -2.39. The molecule has 0 amide bonds. The van der Waals surface area contributed by atoms with Crippen molar-refractivity contribution in [3.63, 3.8) is 0 Å². The van der Waals surface area contributed by atoms with Crippen LogP contribution in [-0.4, -0.2) is 36.1 Å². The van der Waals surface area contributed by atoms with Crippen LogP contribution in [0.15, 0.2) is 65.9 Å². The normalized spacial score (nSPS) is 11.0. The molecule has 0 unspecified atom stereocenters. The number of aromatic nitrogens is 2. The van der Waals surface area contributed by atoms with Gasteiger partial charge in [0.2, 0.25) is 0 Å². The fraction of sp³-hybridized carbons (Fsp3) is 0.227. The van der Waals surface area contributed by atoms with Crippen molar-refractivity contribution in [2.45, 2.75) is 12.8 Å². The van der Waals surface area contributed by atoms with Gasteiger partial charge in [0, 0.05) is 54.3 Å². The van der Waals surface area contributed by atoms with Gasteiger partial charge in [-0.05, 0) is 36.1 Å². The number of nitrogens with zero attached hydrogens (tertiary/aromatic N) is 1. The van der Waals surface area contributed by atoms with Crippen LogP contribution in [0, 0.1) is 0 Å². The first-order valence-corrected chi connectivity index (χ1v) is 9.39. The van der Waals surface area contributed by atoms with E-state index in [4.69, 9.17) is 0 Å². The van der Waals surface area contributed by atoms with Crippen molar-refractivity contribution in [1.82, 2.24) is 20.6 Å². The molecule has 0 spiro atoms. The van der Waals surface area contributed by atoms with E-state index in [1.807, 2.05) is 7.05 Å². The summed E-state index contributed by atoms with van der Waals surface area (Å²) in [7, 11) is 1.81. The summed E-state index contributed by atoms with van der Waals surface area (Å²) in [5.74, 6) is 0.842. The summed E-state index contributed by atoms with van der Waals surface area (Å²) in [6, 6.07) is 16.8. The molecular weight excluding hydrogens is 334 g/mol. The summed E-state index contributed by atoms with van der Waals surface area (Å²) in [4.78, 5) is 11.0. The predicted molar refractivity (Wildman–Crippen MR) is 113 cm³/mol. The van der Waals surface area contributed by atoms with Gasteiger partial charge in [0.15, 0.2) is 5.96 Å². The molecule has 2 aromatic carbocycles. The maximum Gasteiger partial charge on any atom is 0.190 e. The van der Waals surface area contributed by atoms with Crippen LogP contribution in [0.4, 0.5) is 0 Å². The van der Waals surface area contributed by atoms with Crippen LogP contribution in [0.25, 0.3) is 21.8 Å². The molecule has 0 fully saturated rings. The molecule has 0 saturated carbocycles. The summed E-state index contributed by atoms with van der Waals surface area (Å²) >= 11 is 0. The molecule has 0 aliphatic heterocycles. The van der Waals surface area contributed by atoms with Crippen molar-refractivity contribution in [2.75, 3.05) is 20.1 Å². The van der Waals surface area contributed by atoms with Gasteiger partial charge in [0.25, 0.3) is 0 Å². The molecule has 4 rings (SSSR count). The first-order chi connectivity index (χ1) is 13.3. The van der Waals surface area contributed by atoms with Crippen LogP contribution in [0.1, 0.15) is 11.1 Å². The highest BCUT2D eigenvalue weighted by Crippen LogP contribution is 2.18. The zero-order valence-corrected chi connectivity index (χ0v) is 15.5. The van der Waals surface area contributed by atoms with Crippen LogP contribution in [0.5, 0.6) is 0 Å². The number of rotatable bonds is 6. The Morgan fingerprint density at radius 3 is 1.74 bits per heavy atom. The third-order valence-electron chi connectivity index (χ3n) is 4.95. The second-order valence-electron chi connectivity index (χ2n) is 6.64. The van der Waals surface area contributed by atoms with Gasteiger partial charge in [-0.3, -0.25) is 4.99 Å². The van der Waals surface area contributed by atoms with Crippen molar-refractivity contribution in [3.8, 4) is 0 Å². The monoisotopic (exact) mass is 359 g/mol. The molecule has 5 heteroatoms. The lowest BCUT2D eigenvalue weighted by Gasteiger charge is -2.11. The Morgan fingerprint density at radius 1 is 0.778 bits per heavy atom. The fourth-order valence-corrected chi connectivity index (χ4v) is 3.53. The van der Waals surface area contributed by atoms with Gasteiger partial charge in [-0.25, -0.2) is 0 Å². The predicted octanol–water partition coefficient (Wildman–Crippen LogP) is 3.60. The number of nitrogens with one attached hydrogen (secondary N) is 4. The molecule has 2 heterocycles. The van der Waals surface area contributed by atoms with E-state index < -0.39 is 0 Å². The summed E-state index contributed by atoms with van der Waals surface area (Å²) in [5.41, 5.74) is 5.03. The topological polar surface area (TPSA) is 68.0 Å². The van der Waals surface area contributed by atoms with Crippen molar-refractivity contribution in [3.05, 3.63) is 72.1 Å². The molecule has 27 heavy (non-hydrogen) atoms. The van der Waals surface area contributed by atoms with Crippen LogP contribution in [0.2, 0.25) is 0 Å². The average molecular weight is 359 g/mol. The van der Waals surface area contributed by atoms with Crippen molar-refractivity contribution in [1.29, 1.82) is 0 Å². The maximum atomic E-state index is 4.33. The van der Waals surface area contributed by atoms with E-state index >= 15 is 0 Å². The first-order valence-electron chi connectivity index (χ1n) is 9.39. The lowest BCUT2D eigenvalue weighted by molar-refractivity contribution is 0.787. The minimum atomic E-state index is 0.842. The van der Waals surface area contributed by atoms with Crippen LogP contribution in [-0.2, 0) is 12.8 Å². The Balaban J connectivity index is 1.27. The number of aliphatic imine (C=N–C) groups is 1. The standard InChI is InChI=1S/C22H25N5/c1-23-22(24-12-10-16-14-26-20-8-4-2-6-18(16)20)25-13-11-17-15-27-21-9-5-3-7-19(17)21/h2-9,14-15,26-27H,10-13H2,1H3,(H2,23,24,25). The van der Waals surface area contributed by atoms with E-state index in [1.54, 1.807) is 0 Å². The largest absolute Gasteiger partial charge is 0.361 e. The van der Waals surface area contributed by atoms with Crippen molar-refractivity contribution >= 4 is 27.8 Å². The third kappa shape index (κ3) is 3.82. The van der Waals surface area contributed by atoms with E-state index in [0.717, 1.165) is 31.9 Å². The minimum absolute atomic E-state index is 0.842. The average Bonchev–Trinajstić information content (AvgIpc) is 3.31. The van der Waals surface area contributed by atoms with E-state index in [2.05, 4.69) is 86.5 Å². The SMILES string of the molecule is CN=C(NCCc1c[nH]c2ccccc12)NCCc1c[nH]c2ccccc12.